The maximum atomic E-state index is 12.5. The van der Waals surface area contributed by atoms with Gasteiger partial charge in [-0.15, -0.1) is 0 Å². The molecule has 0 saturated carbocycles. The van der Waals surface area contributed by atoms with Crippen molar-refractivity contribution in [2.75, 3.05) is 32.7 Å². The first-order valence-electron chi connectivity index (χ1n) is 8.20. The number of nitrogens with zero attached hydrogens (tertiary/aromatic N) is 3. The number of aryl methyl sites for hydroxylation is 2. The number of aromatic nitrogens is 2. The van der Waals surface area contributed by atoms with Crippen LogP contribution in [-0.4, -0.2) is 69.3 Å². The second-order valence-electron chi connectivity index (χ2n) is 6.86. The summed E-state index contributed by atoms with van der Waals surface area (Å²) in [5.74, 6) is 0.0879. The smallest absolute Gasteiger partial charge is 0.227 e. The number of hydrogen-bond acceptors (Lipinski definition) is 4. The molecule has 0 bridgehead atoms. The molecule has 0 aromatic carbocycles. The van der Waals surface area contributed by atoms with Crippen LogP contribution in [0.5, 0.6) is 0 Å². The summed E-state index contributed by atoms with van der Waals surface area (Å²) in [6.07, 6.45) is 3.49. The topological polar surface area (TPSA) is 72.5 Å². The number of aliphatic hydroxyl groups is 1. The Morgan fingerprint density at radius 3 is 2.68 bits per heavy atom. The van der Waals surface area contributed by atoms with Crippen LogP contribution in [0.3, 0.4) is 0 Å². The first kappa shape index (κ1) is 15.5. The fourth-order valence-electron chi connectivity index (χ4n) is 3.65. The van der Waals surface area contributed by atoms with E-state index in [2.05, 4.69) is 15.1 Å². The molecule has 0 aliphatic carbocycles. The van der Waals surface area contributed by atoms with Crippen LogP contribution >= 0.6 is 0 Å². The number of rotatable bonds is 4. The van der Waals surface area contributed by atoms with Gasteiger partial charge >= 0.3 is 0 Å². The highest BCUT2D eigenvalue weighted by Gasteiger charge is 2.39. The van der Waals surface area contributed by atoms with Gasteiger partial charge in [0.15, 0.2) is 0 Å². The van der Waals surface area contributed by atoms with Crippen LogP contribution in [0.25, 0.3) is 0 Å². The zero-order valence-electron chi connectivity index (χ0n) is 13.6. The molecular weight excluding hydrogens is 280 g/mol. The molecule has 6 heteroatoms. The molecule has 22 heavy (non-hydrogen) atoms. The number of amides is 1. The summed E-state index contributed by atoms with van der Waals surface area (Å²) in [7, 11) is 0. The fourth-order valence-corrected chi connectivity index (χ4v) is 3.65. The normalized spacial score (nSPS) is 26.0. The van der Waals surface area contributed by atoms with Gasteiger partial charge in [0.05, 0.1) is 24.3 Å². The van der Waals surface area contributed by atoms with Gasteiger partial charge in [0.2, 0.25) is 5.91 Å². The van der Waals surface area contributed by atoms with Gasteiger partial charge in [-0.05, 0) is 46.2 Å². The Bertz CT molecular complexity index is 531. The van der Waals surface area contributed by atoms with Crippen LogP contribution in [0.2, 0.25) is 0 Å². The molecule has 3 heterocycles. The standard InChI is InChI=1S/C16H26N4O2/c1-12-14(13(2)18-17-12)9-15(21)20-8-5-16(22,11-20)10-19-6-3-4-7-19/h22H,3-11H2,1-2H3,(H,17,18)/t16-/m0/s1. The monoisotopic (exact) mass is 306 g/mol. The maximum Gasteiger partial charge on any atom is 0.227 e. The van der Waals surface area contributed by atoms with E-state index < -0.39 is 5.60 Å². The van der Waals surface area contributed by atoms with Crippen molar-refractivity contribution in [2.24, 2.45) is 0 Å². The third-order valence-corrected chi connectivity index (χ3v) is 5.01. The summed E-state index contributed by atoms with van der Waals surface area (Å²) >= 11 is 0. The second-order valence-corrected chi connectivity index (χ2v) is 6.86. The van der Waals surface area contributed by atoms with E-state index in [0.29, 0.717) is 32.5 Å². The van der Waals surface area contributed by atoms with Crippen molar-refractivity contribution < 1.29 is 9.90 Å². The van der Waals surface area contributed by atoms with Crippen LogP contribution in [0.4, 0.5) is 0 Å². The number of likely N-dealkylation sites (tertiary alicyclic amines) is 2. The minimum atomic E-state index is -0.736. The molecule has 0 spiro atoms. The van der Waals surface area contributed by atoms with Crippen LogP contribution in [-0.2, 0) is 11.2 Å². The van der Waals surface area contributed by atoms with Crippen LogP contribution in [0.15, 0.2) is 0 Å². The van der Waals surface area contributed by atoms with E-state index >= 15 is 0 Å². The first-order valence-corrected chi connectivity index (χ1v) is 8.20. The molecule has 1 amide bonds. The van der Waals surface area contributed by atoms with Gasteiger partial charge in [-0.1, -0.05) is 0 Å². The number of aromatic amines is 1. The van der Waals surface area contributed by atoms with Gasteiger partial charge in [-0.3, -0.25) is 9.89 Å². The summed E-state index contributed by atoms with van der Waals surface area (Å²) in [6, 6.07) is 0. The number of nitrogens with one attached hydrogen (secondary N) is 1. The van der Waals surface area contributed by atoms with Crippen LogP contribution in [0.1, 0.15) is 36.2 Å². The Morgan fingerprint density at radius 1 is 1.32 bits per heavy atom. The Balaban J connectivity index is 1.58. The van der Waals surface area contributed by atoms with Crippen LogP contribution < -0.4 is 0 Å². The number of β-amino-alcohol motifs (C(OH)–C–C–N with tert-alkyl or cyclic N) is 1. The molecule has 3 rings (SSSR count). The first-order chi connectivity index (χ1) is 10.5. The number of H-pyrrole nitrogens is 1. The zero-order chi connectivity index (χ0) is 15.7. The zero-order valence-corrected chi connectivity index (χ0v) is 13.6. The number of carbonyl (C=O) groups excluding carboxylic acids is 1. The molecule has 2 aliphatic heterocycles. The van der Waals surface area contributed by atoms with Gasteiger partial charge in [-0.2, -0.15) is 5.10 Å². The van der Waals surface area contributed by atoms with Gasteiger partial charge in [0, 0.05) is 24.3 Å². The van der Waals surface area contributed by atoms with Crippen molar-refractivity contribution in [3.8, 4) is 0 Å². The highest BCUT2D eigenvalue weighted by atomic mass is 16.3. The quantitative estimate of drug-likeness (QED) is 0.856. The lowest BCUT2D eigenvalue weighted by molar-refractivity contribution is -0.130. The van der Waals surface area contributed by atoms with E-state index in [1.54, 1.807) is 0 Å². The minimum absolute atomic E-state index is 0.0879. The summed E-state index contributed by atoms with van der Waals surface area (Å²) in [6.45, 7) is 7.81. The van der Waals surface area contributed by atoms with Gasteiger partial charge in [0.25, 0.3) is 0 Å². The van der Waals surface area contributed by atoms with Crippen molar-refractivity contribution in [1.82, 2.24) is 20.0 Å². The summed E-state index contributed by atoms with van der Waals surface area (Å²) in [4.78, 5) is 16.6. The Hall–Kier alpha value is -1.40. The molecular formula is C16H26N4O2. The highest BCUT2D eigenvalue weighted by molar-refractivity contribution is 5.79. The third kappa shape index (κ3) is 3.17. The predicted molar refractivity (Wildman–Crippen MR) is 83.6 cm³/mol. The van der Waals surface area contributed by atoms with Gasteiger partial charge < -0.3 is 14.9 Å². The molecule has 2 fully saturated rings. The summed E-state index contributed by atoms with van der Waals surface area (Å²) < 4.78 is 0. The number of hydrogen-bond donors (Lipinski definition) is 2. The molecule has 122 valence electrons. The van der Waals surface area contributed by atoms with Gasteiger partial charge in [-0.25, -0.2) is 0 Å². The minimum Gasteiger partial charge on any atom is -0.387 e. The fraction of sp³-hybridized carbons (Fsp3) is 0.750. The molecule has 1 aromatic rings. The molecule has 2 saturated heterocycles. The summed E-state index contributed by atoms with van der Waals surface area (Å²) in [5.41, 5.74) is 2.09. The largest absolute Gasteiger partial charge is 0.387 e. The second kappa shape index (κ2) is 6.01. The number of carbonyl (C=O) groups is 1. The van der Waals surface area contributed by atoms with E-state index in [-0.39, 0.29) is 5.91 Å². The Kier molecular flexibility index (Phi) is 4.23. The van der Waals surface area contributed by atoms with Crippen molar-refractivity contribution in [1.29, 1.82) is 0 Å². The average molecular weight is 306 g/mol. The lowest BCUT2D eigenvalue weighted by Crippen LogP contribution is -2.45. The molecule has 1 aromatic heterocycles. The SMILES string of the molecule is Cc1n[nH]c(C)c1CC(=O)N1CC[C@](O)(CN2CCCC2)C1. The lowest BCUT2D eigenvalue weighted by atomic mass is 10.0. The van der Waals surface area contributed by atoms with E-state index in [4.69, 9.17) is 0 Å². The van der Waals surface area contributed by atoms with Crippen LogP contribution in [0, 0.1) is 13.8 Å². The third-order valence-electron chi connectivity index (χ3n) is 5.01. The molecule has 6 nitrogen and oxygen atoms in total. The molecule has 2 aliphatic rings. The molecule has 2 N–H and O–H groups in total. The van der Waals surface area contributed by atoms with E-state index in [0.717, 1.165) is 30.0 Å². The molecule has 0 radical (unpaired) electrons. The summed E-state index contributed by atoms with van der Waals surface area (Å²) in [5, 5.41) is 17.8. The maximum absolute atomic E-state index is 12.5. The van der Waals surface area contributed by atoms with Crippen molar-refractivity contribution in [3.63, 3.8) is 0 Å². The van der Waals surface area contributed by atoms with E-state index in [9.17, 15) is 9.90 Å². The van der Waals surface area contributed by atoms with Crippen molar-refractivity contribution >= 4 is 5.91 Å². The Labute approximate surface area is 131 Å². The predicted octanol–water partition coefficient (Wildman–Crippen LogP) is 0.628. The van der Waals surface area contributed by atoms with Crippen molar-refractivity contribution in [2.45, 2.75) is 45.1 Å². The van der Waals surface area contributed by atoms with Crippen molar-refractivity contribution in [3.05, 3.63) is 17.0 Å². The lowest BCUT2D eigenvalue weighted by Gasteiger charge is -2.28. The Morgan fingerprint density at radius 2 is 2.05 bits per heavy atom. The highest BCUT2D eigenvalue weighted by Crippen LogP contribution is 2.25. The average Bonchev–Trinajstić information content (AvgIpc) is 3.17. The van der Waals surface area contributed by atoms with E-state index in [1.807, 2.05) is 18.7 Å². The van der Waals surface area contributed by atoms with Gasteiger partial charge in [0.1, 0.15) is 0 Å². The van der Waals surface area contributed by atoms with E-state index in [1.165, 1.54) is 12.8 Å². The molecule has 1 atom stereocenters. The molecule has 0 unspecified atom stereocenters.